The van der Waals surface area contributed by atoms with Crippen molar-refractivity contribution in [1.82, 2.24) is 9.88 Å². The Balaban J connectivity index is 1.90. The van der Waals surface area contributed by atoms with Crippen LogP contribution in [0.3, 0.4) is 0 Å². The van der Waals surface area contributed by atoms with Gasteiger partial charge < -0.3 is 20.5 Å². The lowest BCUT2D eigenvalue weighted by molar-refractivity contribution is -0.0192. The number of ether oxygens (including phenoxy) is 2. The van der Waals surface area contributed by atoms with Crippen LogP contribution in [0.1, 0.15) is 20.8 Å². The largest absolute Gasteiger partial charge is 0.473 e. The maximum Gasteiger partial charge on any atom is 0.239 e. The van der Waals surface area contributed by atoms with E-state index in [1.54, 1.807) is 0 Å². The molecule has 21 heavy (non-hydrogen) atoms. The molecule has 1 fully saturated rings. The third kappa shape index (κ3) is 4.75. The number of morpholine rings is 1. The van der Waals surface area contributed by atoms with E-state index in [4.69, 9.17) is 15.2 Å². The predicted molar refractivity (Wildman–Crippen MR) is 84.8 cm³/mol. The van der Waals surface area contributed by atoms with Crippen LogP contribution < -0.4 is 15.8 Å². The Labute approximate surface area is 126 Å². The zero-order chi connectivity index (χ0) is 15.2. The monoisotopic (exact) mass is 294 g/mol. The zero-order valence-corrected chi connectivity index (χ0v) is 13.1. The molecule has 0 aromatic carbocycles. The van der Waals surface area contributed by atoms with E-state index in [0.29, 0.717) is 11.6 Å². The molecule has 1 aliphatic rings. The van der Waals surface area contributed by atoms with Crippen LogP contribution >= 0.6 is 0 Å². The molecule has 0 saturated carbocycles. The smallest absolute Gasteiger partial charge is 0.239 e. The molecule has 2 heterocycles. The van der Waals surface area contributed by atoms with Crippen molar-refractivity contribution in [2.24, 2.45) is 0 Å². The minimum absolute atomic E-state index is 0.0508. The van der Waals surface area contributed by atoms with Gasteiger partial charge in [0.1, 0.15) is 5.82 Å². The number of nitrogens with one attached hydrogen (secondary N) is 1. The van der Waals surface area contributed by atoms with Crippen LogP contribution in [-0.4, -0.2) is 54.9 Å². The zero-order valence-electron chi connectivity index (χ0n) is 13.1. The molecule has 1 unspecified atom stereocenters. The van der Waals surface area contributed by atoms with Gasteiger partial charge in [-0.3, -0.25) is 4.90 Å². The Morgan fingerprint density at radius 1 is 1.52 bits per heavy atom. The average Bonchev–Trinajstić information content (AvgIpc) is 2.48. The van der Waals surface area contributed by atoms with Crippen LogP contribution in [0.25, 0.3) is 0 Å². The molecule has 0 spiro atoms. The normalized spacial score (nSPS) is 19.7. The molecule has 0 radical (unpaired) electrons. The third-order valence-corrected chi connectivity index (χ3v) is 3.42. The summed E-state index contributed by atoms with van der Waals surface area (Å²) in [5.74, 6) is 1.24. The molecule has 1 aromatic rings. The molecule has 3 N–H and O–H groups in total. The van der Waals surface area contributed by atoms with Crippen LogP contribution in [0.4, 0.5) is 11.5 Å². The number of pyridine rings is 1. The number of rotatable bonds is 6. The van der Waals surface area contributed by atoms with Crippen molar-refractivity contribution in [3.05, 3.63) is 12.1 Å². The maximum atomic E-state index is 5.87. The van der Waals surface area contributed by atoms with Gasteiger partial charge in [-0.05, 0) is 32.5 Å². The van der Waals surface area contributed by atoms with E-state index in [9.17, 15) is 0 Å². The molecule has 0 aliphatic carbocycles. The van der Waals surface area contributed by atoms with E-state index < -0.39 is 0 Å². The van der Waals surface area contributed by atoms with E-state index in [0.717, 1.165) is 38.6 Å². The lowest BCUT2D eigenvalue weighted by Gasteiger charge is -2.32. The van der Waals surface area contributed by atoms with Crippen molar-refractivity contribution in [2.75, 3.05) is 43.8 Å². The highest BCUT2D eigenvalue weighted by molar-refractivity contribution is 5.53. The Morgan fingerprint density at radius 2 is 2.33 bits per heavy atom. The van der Waals surface area contributed by atoms with E-state index >= 15 is 0 Å². The number of aromatic nitrogens is 1. The molecule has 0 bridgehead atoms. The standard InChI is InChI=1S/C15H26N4O2/c1-4-19-7-8-20-12(10-19)9-17-14-6-5-13(16)15(18-14)21-11(2)3/h5-6,11-12H,4,7-10,16H2,1-3H3,(H,17,18). The van der Waals surface area contributed by atoms with E-state index in [1.165, 1.54) is 0 Å². The number of hydrogen-bond acceptors (Lipinski definition) is 6. The van der Waals surface area contributed by atoms with E-state index in [1.807, 2.05) is 26.0 Å². The second-order valence-electron chi connectivity index (χ2n) is 5.52. The van der Waals surface area contributed by atoms with Gasteiger partial charge in [-0.2, -0.15) is 4.98 Å². The number of nitrogens with two attached hydrogens (primary N) is 1. The van der Waals surface area contributed by atoms with Crippen LogP contribution in [0.15, 0.2) is 12.1 Å². The maximum absolute atomic E-state index is 5.87. The second-order valence-corrected chi connectivity index (χ2v) is 5.52. The molecule has 6 nitrogen and oxygen atoms in total. The Morgan fingerprint density at radius 3 is 3.05 bits per heavy atom. The van der Waals surface area contributed by atoms with Crippen molar-refractivity contribution in [3.8, 4) is 5.88 Å². The van der Waals surface area contributed by atoms with Crippen LogP contribution in [0.5, 0.6) is 5.88 Å². The summed E-state index contributed by atoms with van der Waals surface area (Å²) in [5.41, 5.74) is 6.42. The van der Waals surface area contributed by atoms with E-state index in [2.05, 4.69) is 22.1 Å². The van der Waals surface area contributed by atoms with Crippen molar-refractivity contribution in [3.63, 3.8) is 0 Å². The minimum Gasteiger partial charge on any atom is -0.473 e. The molecule has 6 heteroatoms. The molecule has 118 valence electrons. The van der Waals surface area contributed by atoms with Crippen molar-refractivity contribution in [1.29, 1.82) is 0 Å². The van der Waals surface area contributed by atoms with Crippen LogP contribution in [0, 0.1) is 0 Å². The number of anilines is 2. The second kappa shape index (κ2) is 7.47. The summed E-state index contributed by atoms with van der Waals surface area (Å²) in [7, 11) is 0. The van der Waals surface area contributed by atoms with Gasteiger partial charge in [-0.15, -0.1) is 0 Å². The highest BCUT2D eigenvalue weighted by Gasteiger charge is 2.19. The van der Waals surface area contributed by atoms with Crippen molar-refractivity contribution < 1.29 is 9.47 Å². The Bertz CT molecular complexity index is 453. The molecule has 2 rings (SSSR count). The molecular weight excluding hydrogens is 268 g/mol. The van der Waals surface area contributed by atoms with Gasteiger partial charge in [0.2, 0.25) is 5.88 Å². The van der Waals surface area contributed by atoms with Crippen LogP contribution in [0.2, 0.25) is 0 Å². The minimum atomic E-state index is 0.0508. The average molecular weight is 294 g/mol. The van der Waals surface area contributed by atoms with Gasteiger partial charge in [-0.1, -0.05) is 6.92 Å². The third-order valence-electron chi connectivity index (χ3n) is 3.42. The summed E-state index contributed by atoms with van der Waals surface area (Å²) in [5, 5.41) is 3.30. The number of hydrogen-bond donors (Lipinski definition) is 2. The fourth-order valence-electron chi connectivity index (χ4n) is 2.28. The molecule has 1 atom stereocenters. The molecule has 1 aromatic heterocycles. The van der Waals surface area contributed by atoms with Gasteiger partial charge in [0, 0.05) is 19.6 Å². The predicted octanol–water partition coefficient (Wildman–Crippen LogP) is 1.58. The SMILES string of the molecule is CCN1CCOC(CNc2ccc(N)c(OC(C)C)n2)C1. The van der Waals surface area contributed by atoms with Crippen molar-refractivity contribution in [2.45, 2.75) is 33.0 Å². The number of nitrogens with zero attached hydrogens (tertiary/aromatic N) is 2. The fourth-order valence-corrected chi connectivity index (χ4v) is 2.28. The Hall–Kier alpha value is -1.53. The first-order valence-corrected chi connectivity index (χ1v) is 7.59. The highest BCUT2D eigenvalue weighted by Crippen LogP contribution is 2.22. The summed E-state index contributed by atoms with van der Waals surface area (Å²) in [6.45, 7) is 10.6. The first-order valence-electron chi connectivity index (χ1n) is 7.59. The molecular formula is C15H26N4O2. The number of nitrogen functional groups attached to an aromatic ring is 1. The molecule has 1 saturated heterocycles. The van der Waals surface area contributed by atoms with Gasteiger partial charge in [-0.25, -0.2) is 0 Å². The van der Waals surface area contributed by atoms with E-state index in [-0.39, 0.29) is 12.2 Å². The van der Waals surface area contributed by atoms with Crippen molar-refractivity contribution >= 4 is 11.5 Å². The van der Waals surface area contributed by atoms with Gasteiger partial charge >= 0.3 is 0 Å². The molecule has 0 amide bonds. The summed E-state index contributed by atoms with van der Waals surface area (Å²) in [6, 6.07) is 3.68. The molecule has 1 aliphatic heterocycles. The van der Waals surface area contributed by atoms with Crippen LogP contribution in [-0.2, 0) is 4.74 Å². The first kappa shape index (κ1) is 15.9. The summed E-state index contributed by atoms with van der Waals surface area (Å²) in [4.78, 5) is 6.80. The Kier molecular flexibility index (Phi) is 5.64. The first-order chi connectivity index (χ1) is 10.1. The lowest BCUT2D eigenvalue weighted by atomic mass is 10.2. The van der Waals surface area contributed by atoms with Gasteiger partial charge in [0.05, 0.1) is 24.5 Å². The highest BCUT2D eigenvalue weighted by atomic mass is 16.5. The van der Waals surface area contributed by atoms with Gasteiger partial charge in [0.15, 0.2) is 0 Å². The lowest BCUT2D eigenvalue weighted by Crippen LogP contribution is -2.45. The topological polar surface area (TPSA) is 72.6 Å². The number of likely N-dealkylation sites (N-methyl/N-ethyl adjacent to an activating group) is 1. The summed E-state index contributed by atoms with van der Waals surface area (Å²) >= 11 is 0. The summed E-state index contributed by atoms with van der Waals surface area (Å²) in [6.07, 6.45) is 0.238. The fraction of sp³-hybridized carbons (Fsp3) is 0.667. The quantitative estimate of drug-likeness (QED) is 0.830. The summed E-state index contributed by atoms with van der Waals surface area (Å²) < 4.78 is 11.4. The van der Waals surface area contributed by atoms with Gasteiger partial charge in [0.25, 0.3) is 0 Å².